The largest absolute Gasteiger partial charge is 0.423 e. The van der Waals surface area contributed by atoms with Crippen molar-refractivity contribution in [1.82, 2.24) is 14.9 Å². The lowest BCUT2D eigenvalue weighted by Crippen LogP contribution is -2.29. The molecule has 22 heavy (non-hydrogen) atoms. The molecule has 0 saturated carbocycles. The zero-order valence-electron chi connectivity index (χ0n) is 11.6. The number of nitrogens with zero attached hydrogens (tertiary/aromatic N) is 2. The summed E-state index contributed by atoms with van der Waals surface area (Å²) in [6, 6.07) is 11.6. The van der Waals surface area contributed by atoms with Gasteiger partial charge in [-0.2, -0.15) is 4.72 Å². The van der Waals surface area contributed by atoms with E-state index >= 15 is 0 Å². The van der Waals surface area contributed by atoms with Gasteiger partial charge >= 0.3 is 0 Å². The first-order valence-corrected chi connectivity index (χ1v) is 8.83. The monoisotopic (exact) mass is 335 g/mol. The maximum atomic E-state index is 12.5. The summed E-state index contributed by atoms with van der Waals surface area (Å²) in [6.45, 7) is 1.66. The minimum absolute atomic E-state index is 0.212. The molecule has 1 atom stereocenters. The van der Waals surface area contributed by atoms with Gasteiger partial charge in [0, 0.05) is 6.92 Å². The molecular weight excluding hydrogens is 322 g/mol. The molecule has 0 fully saturated rings. The molecular formula is C14H13N3O3S2. The van der Waals surface area contributed by atoms with E-state index in [0.717, 1.165) is 16.9 Å². The predicted molar refractivity (Wildman–Crippen MR) is 82.0 cm³/mol. The Morgan fingerprint density at radius 2 is 1.91 bits per heavy atom. The topological polar surface area (TPSA) is 85.1 Å². The second kappa shape index (κ2) is 5.99. The maximum Gasteiger partial charge on any atom is 0.251 e. The van der Waals surface area contributed by atoms with E-state index in [9.17, 15) is 8.42 Å². The van der Waals surface area contributed by atoms with E-state index in [1.54, 1.807) is 36.6 Å². The normalized spacial score (nSPS) is 13.1. The highest BCUT2D eigenvalue weighted by Crippen LogP contribution is 2.25. The van der Waals surface area contributed by atoms with Gasteiger partial charge < -0.3 is 4.42 Å². The van der Waals surface area contributed by atoms with Gasteiger partial charge in [0.1, 0.15) is 10.3 Å². The summed E-state index contributed by atoms with van der Waals surface area (Å²) in [5.41, 5.74) is 0.728. The summed E-state index contributed by atoms with van der Waals surface area (Å²) in [4.78, 5) is 0. The number of nitrogens with one attached hydrogen (secondary N) is 1. The van der Waals surface area contributed by atoms with Gasteiger partial charge in [0.2, 0.25) is 11.8 Å². The first-order valence-electron chi connectivity index (χ1n) is 6.47. The van der Waals surface area contributed by atoms with E-state index < -0.39 is 16.1 Å². The quantitative estimate of drug-likeness (QED) is 0.774. The molecule has 2 aromatic heterocycles. The second-order valence-electron chi connectivity index (χ2n) is 4.56. The Morgan fingerprint density at radius 1 is 1.14 bits per heavy atom. The summed E-state index contributed by atoms with van der Waals surface area (Å²) in [6.07, 6.45) is 0. The highest BCUT2D eigenvalue weighted by atomic mass is 32.2. The molecule has 0 spiro atoms. The highest BCUT2D eigenvalue weighted by Gasteiger charge is 2.27. The van der Waals surface area contributed by atoms with Crippen LogP contribution >= 0.6 is 11.3 Å². The van der Waals surface area contributed by atoms with Crippen LogP contribution in [0.5, 0.6) is 0 Å². The molecule has 0 amide bonds. The lowest BCUT2D eigenvalue weighted by Gasteiger charge is -2.15. The van der Waals surface area contributed by atoms with Crippen molar-refractivity contribution in [3.63, 3.8) is 0 Å². The van der Waals surface area contributed by atoms with Gasteiger partial charge in [-0.05, 0) is 17.0 Å². The smallest absolute Gasteiger partial charge is 0.251 e. The Bertz CT molecular complexity index is 843. The fourth-order valence-electron chi connectivity index (χ4n) is 1.96. The van der Waals surface area contributed by atoms with Crippen LogP contribution in [0.4, 0.5) is 0 Å². The van der Waals surface area contributed by atoms with E-state index in [0.29, 0.717) is 5.89 Å². The standard InChI is InChI=1S/C14H13N3O3S2/c1-10-15-16-14(20-10)13(11-6-3-2-4-7-11)17-22(18,19)12-8-5-9-21-12/h2-9,13,17H,1H3. The summed E-state index contributed by atoms with van der Waals surface area (Å²) in [5, 5.41) is 9.44. The van der Waals surface area contributed by atoms with E-state index in [-0.39, 0.29) is 10.1 Å². The van der Waals surface area contributed by atoms with Gasteiger partial charge in [-0.25, -0.2) is 8.42 Å². The Balaban J connectivity index is 2.00. The van der Waals surface area contributed by atoms with Crippen LogP contribution in [0.3, 0.4) is 0 Å². The van der Waals surface area contributed by atoms with Crippen molar-refractivity contribution in [2.24, 2.45) is 0 Å². The molecule has 0 saturated heterocycles. The Kier molecular flexibility index (Phi) is 4.06. The fraction of sp³-hybridized carbons (Fsp3) is 0.143. The number of sulfonamides is 1. The van der Waals surface area contributed by atoms with Crippen molar-refractivity contribution < 1.29 is 12.8 Å². The van der Waals surface area contributed by atoms with Crippen molar-refractivity contribution in [3.05, 3.63) is 65.2 Å². The van der Waals surface area contributed by atoms with Crippen LogP contribution in [0, 0.1) is 6.92 Å². The molecule has 3 rings (SSSR count). The van der Waals surface area contributed by atoms with E-state index in [1.165, 1.54) is 0 Å². The molecule has 0 radical (unpaired) electrons. The number of aryl methyl sites for hydroxylation is 1. The zero-order valence-corrected chi connectivity index (χ0v) is 13.3. The molecule has 3 aromatic rings. The summed E-state index contributed by atoms with van der Waals surface area (Å²) >= 11 is 1.15. The fourth-order valence-corrected chi connectivity index (χ4v) is 4.15. The Labute approximate surface area is 131 Å². The van der Waals surface area contributed by atoms with Crippen LogP contribution in [0.1, 0.15) is 23.4 Å². The SMILES string of the molecule is Cc1nnc(C(NS(=O)(=O)c2cccs2)c2ccccc2)o1. The van der Waals surface area contributed by atoms with Crippen molar-refractivity contribution >= 4 is 21.4 Å². The third-order valence-corrected chi connectivity index (χ3v) is 5.77. The van der Waals surface area contributed by atoms with Gasteiger partial charge in [-0.3, -0.25) is 0 Å². The third kappa shape index (κ3) is 3.08. The number of rotatable bonds is 5. The Hall–Kier alpha value is -2.03. The molecule has 0 aliphatic heterocycles. The first-order chi connectivity index (χ1) is 10.6. The van der Waals surface area contributed by atoms with Gasteiger partial charge in [0.15, 0.2) is 0 Å². The molecule has 0 aliphatic rings. The van der Waals surface area contributed by atoms with E-state index in [1.807, 2.05) is 18.2 Å². The van der Waals surface area contributed by atoms with E-state index in [4.69, 9.17) is 4.42 Å². The number of thiophene rings is 1. The van der Waals surface area contributed by atoms with Crippen LogP contribution < -0.4 is 4.72 Å². The molecule has 0 bridgehead atoms. The summed E-state index contributed by atoms with van der Waals surface area (Å²) in [7, 11) is -3.66. The number of hydrogen-bond acceptors (Lipinski definition) is 6. The Morgan fingerprint density at radius 3 is 2.50 bits per heavy atom. The first kappa shape index (κ1) is 14.9. The summed E-state index contributed by atoms with van der Waals surface area (Å²) < 4.78 is 33.2. The third-order valence-electron chi connectivity index (χ3n) is 2.95. The van der Waals surface area contributed by atoms with Crippen molar-refractivity contribution in [2.75, 3.05) is 0 Å². The average molecular weight is 335 g/mol. The van der Waals surface area contributed by atoms with Crippen molar-refractivity contribution in [1.29, 1.82) is 0 Å². The van der Waals surface area contributed by atoms with Crippen LogP contribution in [-0.4, -0.2) is 18.6 Å². The van der Waals surface area contributed by atoms with Gasteiger partial charge in [-0.1, -0.05) is 36.4 Å². The minimum atomic E-state index is -3.66. The van der Waals surface area contributed by atoms with Crippen LogP contribution in [0.25, 0.3) is 0 Å². The molecule has 1 N–H and O–H groups in total. The molecule has 0 aliphatic carbocycles. The van der Waals surface area contributed by atoms with E-state index in [2.05, 4.69) is 14.9 Å². The minimum Gasteiger partial charge on any atom is -0.423 e. The molecule has 8 heteroatoms. The van der Waals surface area contributed by atoms with Crippen LogP contribution in [-0.2, 0) is 10.0 Å². The number of benzene rings is 1. The molecule has 1 aromatic carbocycles. The lowest BCUT2D eigenvalue weighted by molar-refractivity contribution is 0.437. The molecule has 114 valence electrons. The predicted octanol–water partition coefficient (Wildman–Crippen LogP) is 2.51. The maximum absolute atomic E-state index is 12.5. The zero-order chi connectivity index (χ0) is 15.6. The van der Waals surface area contributed by atoms with Gasteiger partial charge in [0.25, 0.3) is 10.0 Å². The van der Waals surface area contributed by atoms with Gasteiger partial charge in [-0.15, -0.1) is 21.5 Å². The molecule has 2 heterocycles. The van der Waals surface area contributed by atoms with Crippen molar-refractivity contribution in [3.8, 4) is 0 Å². The van der Waals surface area contributed by atoms with Crippen molar-refractivity contribution in [2.45, 2.75) is 17.2 Å². The van der Waals surface area contributed by atoms with Crippen LogP contribution in [0.15, 0.2) is 56.5 Å². The van der Waals surface area contributed by atoms with Gasteiger partial charge in [0.05, 0.1) is 0 Å². The number of aromatic nitrogens is 2. The van der Waals surface area contributed by atoms with Crippen LogP contribution in [0.2, 0.25) is 0 Å². The number of hydrogen-bond donors (Lipinski definition) is 1. The average Bonchev–Trinajstić information content (AvgIpc) is 3.17. The molecule has 1 unspecified atom stereocenters. The molecule has 6 nitrogen and oxygen atoms in total. The lowest BCUT2D eigenvalue weighted by atomic mass is 10.1. The highest BCUT2D eigenvalue weighted by molar-refractivity contribution is 7.91. The second-order valence-corrected chi connectivity index (χ2v) is 7.44. The summed E-state index contributed by atoms with van der Waals surface area (Å²) in [5.74, 6) is 0.593.